The summed E-state index contributed by atoms with van der Waals surface area (Å²) < 4.78 is 55.9. The van der Waals surface area contributed by atoms with Crippen molar-refractivity contribution in [1.29, 1.82) is 5.26 Å². The molecular weight excluding hydrogens is 496 g/mol. The van der Waals surface area contributed by atoms with Crippen molar-refractivity contribution in [3.05, 3.63) is 58.9 Å². The number of benzene rings is 2. The molecule has 36 heavy (non-hydrogen) atoms. The van der Waals surface area contributed by atoms with Gasteiger partial charge in [-0.05, 0) is 49.6 Å². The van der Waals surface area contributed by atoms with Gasteiger partial charge < -0.3 is 10.6 Å². The second kappa shape index (κ2) is 9.00. The zero-order chi connectivity index (χ0) is 27.4. The largest absolute Gasteiger partial charge is 0.417 e. The Kier molecular flexibility index (Phi) is 6.83. The Labute approximate surface area is 212 Å². The summed E-state index contributed by atoms with van der Waals surface area (Å²) in [6.45, 7) is 8.35. The first-order valence-electron chi connectivity index (χ1n) is 10.9. The highest BCUT2D eigenvalue weighted by atomic mass is 32.1. The third kappa shape index (κ3) is 4.62. The molecule has 1 saturated heterocycles. The SMILES string of the molecule is CC(C)(C)C(C(N)=O)c1ccc(N2C(S)N(c3ccc(C#N)c(C(F)(F)F)c3)C(=O)C2(C)C)cc1F. The quantitative estimate of drug-likeness (QED) is 0.428. The van der Waals surface area contributed by atoms with Crippen LogP contribution in [0.25, 0.3) is 0 Å². The normalized spacial score (nSPS) is 18.8. The maximum absolute atomic E-state index is 15.3. The van der Waals surface area contributed by atoms with Gasteiger partial charge in [-0.2, -0.15) is 18.4 Å². The van der Waals surface area contributed by atoms with Crippen LogP contribution in [0.5, 0.6) is 0 Å². The molecule has 2 atom stereocenters. The summed E-state index contributed by atoms with van der Waals surface area (Å²) in [5.41, 5.74) is 0.918. The molecule has 2 aromatic carbocycles. The molecule has 0 aliphatic carbocycles. The van der Waals surface area contributed by atoms with Crippen molar-refractivity contribution in [2.75, 3.05) is 9.80 Å². The van der Waals surface area contributed by atoms with Crippen molar-refractivity contribution < 1.29 is 27.2 Å². The first kappa shape index (κ1) is 27.3. The Balaban J connectivity index is 2.09. The van der Waals surface area contributed by atoms with Crippen molar-refractivity contribution >= 4 is 35.8 Å². The molecular formula is C25H26F4N4O2S. The summed E-state index contributed by atoms with van der Waals surface area (Å²) in [5.74, 6) is -2.89. The molecule has 0 saturated carbocycles. The molecule has 6 nitrogen and oxygen atoms in total. The number of nitriles is 1. The van der Waals surface area contributed by atoms with E-state index in [0.717, 1.165) is 23.1 Å². The lowest BCUT2D eigenvalue weighted by molar-refractivity contribution is -0.137. The van der Waals surface area contributed by atoms with Crippen molar-refractivity contribution in [3.63, 3.8) is 0 Å². The molecule has 3 rings (SSSR count). The number of amides is 2. The average molecular weight is 523 g/mol. The minimum atomic E-state index is -4.81. The fraction of sp³-hybridized carbons (Fsp3) is 0.400. The molecule has 2 unspecified atom stereocenters. The van der Waals surface area contributed by atoms with Gasteiger partial charge in [0.1, 0.15) is 11.4 Å². The van der Waals surface area contributed by atoms with Gasteiger partial charge in [-0.3, -0.25) is 14.5 Å². The number of carbonyl (C=O) groups is 2. The van der Waals surface area contributed by atoms with Gasteiger partial charge in [-0.15, -0.1) is 12.6 Å². The van der Waals surface area contributed by atoms with Crippen molar-refractivity contribution in [2.24, 2.45) is 11.1 Å². The lowest BCUT2D eigenvalue weighted by Gasteiger charge is -2.34. The van der Waals surface area contributed by atoms with E-state index >= 15 is 4.39 Å². The minimum absolute atomic E-state index is 0.0940. The van der Waals surface area contributed by atoms with Crippen LogP contribution in [0.4, 0.5) is 28.9 Å². The maximum Gasteiger partial charge on any atom is 0.417 e. The van der Waals surface area contributed by atoms with E-state index in [0.29, 0.717) is 0 Å². The number of primary amides is 1. The maximum atomic E-state index is 15.3. The molecule has 2 aromatic rings. The van der Waals surface area contributed by atoms with E-state index in [1.807, 2.05) is 0 Å². The van der Waals surface area contributed by atoms with E-state index in [-0.39, 0.29) is 16.9 Å². The first-order valence-corrected chi connectivity index (χ1v) is 11.5. The third-order valence-electron chi connectivity index (χ3n) is 6.24. The molecule has 1 aliphatic rings. The predicted octanol–water partition coefficient (Wildman–Crippen LogP) is 5.18. The number of alkyl halides is 3. The van der Waals surface area contributed by atoms with Crippen molar-refractivity contribution in [1.82, 2.24) is 0 Å². The zero-order valence-corrected chi connectivity index (χ0v) is 21.2. The lowest BCUT2D eigenvalue weighted by atomic mass is 9.76. The van der Waals surface area contributed by atoms with Crippen LogP contribution in [0, 0.1) is 22.6 Å². The lowest BCUT2D eigenvalue weighted by Crippen LogP contribution is -2.45. The van der Waals surface area contributed by atoms with Crippen LogP contribution in [0.1, 0.15) is 57.2 Å². The molecule has 1 aliphatic heterocycles. The molecule has 1 fully saturated rings. The zero-order valence-electron chi connectivity index (χ0n) is 20.3. The van der Waals surface area contributed by atoms with Gasteiger partial charge in [0.25, 0.3) is 5.91 Å². The molecule has 192 valence electrons. The Morgan fingerprint density at radius 2 is 1.72 bits per heavy atom. The molecule has 0 spiro atoms. The highest BCUT2D eigenvalue weighted by Gasteiger charge is 2.52. The van der Waals surface area contributed by atoms with Crippen LogP contribution < -0.4 is 15.5 Å². The summed E-state index contributed by atoms with van der Waals surface area (Å²) in [7, 11) is 0. The number of hydrogen-bond donors (Lipinski definition) is 2. The Morgan fingerprint density at radius 1 is 1.14 bits per heavy atom. The van der Waals surface area contributed by atoms with E-state index in [4.69, 9.17) is 11.0 Å². The minimum Gasteiger partial charge on any atom is -0.369 e. The van der Waals surface area contributed by atoms with Crippen LogP contribution in [0.2, 0.25) is 0 Å². The van der Waals surface area contributed by atoms with Gasteiger partial charge in [0.2, 0.25) is 5.91 Å². The molecule has 2 N–H and O–H groups in total. The van der Waals surface area contributed by atoms with Crippen molar-refractivity contribution in [3.8, 4) is 6.07 Å². The highest BCUT2D eigenvalue weighted by molar-refractivity contribution is 7.81. The molecule has 0 radical (unpaired) electrons. The first-order chi connectivity index (χ1) is 16.4. The number of thiol groups is 1. The van der Waals surface area contributed by atoms with Gasteiger partial charge in [0, 0.05) is 16.9 Å². The molecule has 0 bridgehead atoms. The summed E-state index contributed by atoms with van der Waals surface area (Å²) in [6, 6.07) is 8.54. The molecule has 2 amide bonds. The number of anilines is 2. The molecule has 0 aromatic heterocycles. The average Bonchev–Trinajstić information content (AvgIpc) is 2.91. The van der Waals surface area contributed by atoms with Crippen LogP contribution in [0.15, 0.2) is 36.4 Å². The van der Waals surface area contributed by atoms with Gasteiger partial charge >= 0.3 is 6.18 Å². The van der Waals surface area contributed by atoms with Crippen LogP contribution in [0.3, 0.4) is 0 Å². The van der Waals surface area contributed by atoms with E-state index in [9.17, 15) is 22.8 Å². The van der Waals surface area contributed by atoms with Crippen LogP contribution in [-0.2, 0) is 15.8 Å². The monoisotopic (exact) mass is 522 g/mol. The van der Waals surface area contributed by atoms with Gasteiger partial charge in [0.05, 0.1) is 23.1 Å². The van der Waals surface area contributed by atoms with E-state index in [1.54, 1.807) is 34.6 Å². The summed E-state index contributed by atoms with van der Waals surface area (Å²) in [5, 5.41) is 9.07. The summed E-state index contributed by atoms with van der Waals surface area (Å²) in [4.78, 5) is 27.9. The third-order valence-corrected chi connectivity index (χ3v) is 6.70. The Hall–Kier alpha value is -3.26. The van der Waals surface area contributed by atoms with E-state index < -0.39 is 57.3 Å². The number of nitrogens with zero attached hydrogens (tertiary/aromatic N) is 3. The molecule has 11 heteroatoms. The van der Waals surface area contributed by atoms with Gasteiger partial charge in [0.15, 0.2) is 5.50 Å². The van der Waals surface area contributed by atoms with E-state index in [1.165, 1.54) is 29.2 Å². The second-order valence-corrected chi connectivity index (χ2v) is 10.7. The standard InChI is InChI=1S/C25H26F4N4O2S/c1-23(2,3)19(20(31)34)16-9-8-15(11-18(16)26)33-22(36)32(21(35)24(33,4)5)14-7-6-13(12-30)17(10-14)25(27,28)29/h6-11,19,22,36H,1-5H3,(H2,31,34). The van der Waals surface area contributed by atoms with Crippen LogP contribution >= 0.6 is 12.6 Å². The fourth-order valence-corrected chi connectivity index (χ4v) is 5.23. The number of carbonyl (C=O) groups excluding carboxylic acids is 2. The predicted molar refractivity (Wildman–Crippen MR) is 131 cm³/mol. The topological polar surface area (TPSA) is 90.4 Å². The Bertz CT molecular complexity index is 1260. The number of rotatable bonds is 4. The van der Waals surface area contributed by atoms with Gasteiger partial charge in [-0.1, -0.05) is 26.8 Å². The van der Waals surface area contributed by atoms with Crippen molar-refractivity contribution in [2.45, 2.75) is 57.7 Å². The smallest absolute Gasteiger partial charge is 0.369 e. The highest BCUT2D eigenvalue weighted by Crippen LogP contribution is 2.43. The Morgan fingerprint density at radius 3 is 2.19 bits per heavy atom. The summed E-state index contributed by atoms with van der Waals surface area (Å²) in [6.07, 6.45) is -4.81. The fourth-order valence-electron chi connectivity index (χ4n) is 4.57. The second-order valence-electron chi connectivity index (χ2n) is 10.2. The van der Waals surface area contributed by atoms with E-state index in [2.05, 4.69) is 12.6 Å². The van der Waals surface area contributed by atoms with Crippen LogP contribution in [-0.4, -0.2) is 22.9 Å². The summed E-state index contributed by atoms with van der Waals surface area (Å²) >= 11 is 4.50. The number of halogens is 4. The number of nitrogens with two attached hydrogens (primary N) is 1. The molecule has 1 heterocycles. The number of hydrogen-bond acceptors (Lipinski definition) is 5. The van der Waals surface area contributed by atoms with Gasteiger partial charge in [-0.25, -0.2) is 4.39 Å².